The van der Waals surface area contributed by atoms with E-state index in [1.807, 2.05) is 12.1 Å². The van der Waals surface area contributed by atoms with E-state index in [1.54, 1.807) is 14.2 Å². The van der Waals surface area contributed by atoms with Crippen LogP contribution in [0.1, 0.15) is 26.3 Å². The molecule has 3 heteroatoms. The van der Waals surface area contributed by atoms with E-state index in [1.165, 1.54) is 5.56 Å². The molecule has 17 heavy (non-hydrogen) atoms. The van der Waals surface area contributed by atoms with Crippen LogP contribution in [0.3, 0.4) is 0 Å². The van der Waals surface area contributed by atoms with Crippen LogP contribution in [0.2, 0.25) is 0 Å². The zero-order chi connectivity index (χ0) is 12.9. The topological polar surface area (TPSA) is 27.7 Å². The quantitative estimate of drug-likeness (QED) is 0.738. The van der Waals surface area contributed by atoms with Crippen molar-refractivity contribution >= 4 is 0 Å². The first-order valence-corrected chi connectivity index (χ1v) is 5.76. The first-order valence-electron chi connectivity index (χ1n) is 5.76. The van der Waals surface area contributed by atoms with Crippen LogP contribution in [0.5, 0.6) is 5.75 Å². The molecule has 0 aromatic heterocycles. The Labute approximate surface area is 104 Å². The maximum Gasteiger partial charge on any atom is 0.191 e. The second-order valence-electron chi connectivity index (χ2n) is 4.99. The molecule has 0 spiro atoms. The molecule has 1 rings (SSSR count). The number of rotatable bonds is 5. The number of methoxy groups -OCH3 is 2. The molecular formula is C14H22O3. The second kappa shape index (κ2) is 6.03. The van der Waals surface area contributed by atoms with Gasteiger partial charge in [0.15, 0.2) is 6.29 Å². The molecule has 0 aliphatic carbocycles. The van der Waals surface area contributed by atoms with Gasteiger partial charge in [-0.15, -0.1) is 0 Å². The summed E-state index contributed by atoms with van der Waals surface area (Å²) < 4.78 is 15.7. The molecule has 0 radical (unpaired) electrons. The van der Waals surface area contributed by atoms with Crippen molar-refractivity contribution in [2.24, 2.45) is 0 Å². The van der Waals surface area contributed by atoms with E-state index in [2.05, 4.69) is 32.9 Å². The Balaban J connectivity index is 2.57. The van der Waals surface area contributed by atoms with Gasteiger partial charge >= 0.3 is 0 Å². The molecule has 0 atom stereocenters. The molecule has 3 nitrogen and oxygen atoms in total. The fourth-order valence-electron chi connectivity index (χ4n) is 1.45. The van der Waals surface area contributed by atoms with Crippen molar-refractivity contribution in [3.05, 3.63) is 29.8 Å². The number of ether oxygens (including phenoxy) is 3. The van der Waals surface area contributed by atoms with E-state index in [0.29, 0.717) is 6.61 Å². The van der Waals surface area contributed by atoms with E-state index in [0.717, 1.165) is 5.75 Å². The summed E-state index contributed by atoms with van der Waals surface area (Å²) in [5.41, 5.74) is 1.46. The highest BCUT2D eigenvalue weighted by atomic mass is 16.7. The predicted molar refractivity (Wildman–Crippen MR) is 68.4 cm³/mol. The van der Waals surface area contributed by atoms with Crippen molar-refractivity contribution in [1.29, 1.82) is 0 Å². The molecule has 0 heterocycles. The average molecular weight is 238 g/mol. The third-order valence-corrected chi connectivity index (χ3v) is 2.63. The van der Waals surface area contributed by atoms with Crippen molar-refractivity contribution in [1.82, 2.24) is 0 Å². The van der Waals surface area contributed by atoms with Gasteiger partial charge in [-0.3, -0.25) is 0 Å². The predicted octanol–water partition coefficient (Wildman–Crippen LogP) is 2.98. The Morgan fingerprint density at radius 3 is 1.94 bits per heavy atom. The minimum absolute atomic E-state index is 0.167. The lowest BCUT2D eigenvalue weighted by molar-refractivity contribution is -0.121. The highest BCUT2D eigenvalue weighted by Crippen LogP contribution is 2.24. The summed E-state index contributed by atoms with van der Waals surface area (Å²) in [5.74, 6) is 0.831. The van der Waals surface area contributed by atoms with E-state index >= 15 is 0 Å². The molecular weight excluding hydrogens is 216 g/mol. The van der Waals surface area contributed by atoms with Crippen LogP contribution in [0.4, 0.5) is 0 Å². The van der Waals surface area contributed by atoms with Gasteiger partial charge in [-0.1, -0.05) is 32.9 Å². The minimum atomic E-state index is -0.322. The zero-order valence-electron chi connectivity index (χ0n) is 11.3. The van der Waals surface area contributed by atoms with Gasteiger partial charge in [0.25, 0.3) is 0 Å². The number of benzene rings is 1. The van der Waals surface area contributed by atoms with Gasteiger partial charge < -0.3 is 14.2 Å². The van der Waals surface area contributed by atoms with Crippen molar-refractivity contribution in [3.8, 4) is 5.75 Å². The molecule has 0 aliphatic heterocycles. The lowest BCUT2D eigenvalue weighted by atomic mass is 9.87. The monoisotopic (exact) mass is 238 g/mol. The highest BCUT2D eigenvalue weighted by Gasteiger charge is 2.13. The summed E-state index contributed by atoms with van der Waals surface area (Å²) >= 11 is 0. The van der Waals surface area contributed by atoms with Gasteiger partial charge in [0, 0.05) is 14.2 Å². The smallest absolute Gasteiger partial charge is 0.191 e. The molecule has 0 bridgehead atoms. The Kier molecular flexibility index (Phi) is 4.97. The number of hydrogen-bond acceptors (Lipinski definition) is 3. The highest BCUT2D eigenvalue weighted by molar-refractivity contribution is 5.31. The first kappa shape index (κ1) is 14.0. The van der Waals surface area contributed by atoms with Crippen LogP contribution in [0, 0.1) is 0 Å². The largest absolute Gasteiger partial charge is 0.488 e. The molecule has 0 saturated heterocycles. The average Bonchev–Trinajstić information content (AvgIpc) is 2.30. The molecule has 0 unspecified atom stereocenters. The molecule has 0 aliphatic rings. The van der Waals surface area contributed by atoms with E-state index in [9.17, 15) is 0 Å². The Bertz CT molecular complexity index is 320. The normalized spacial score (nSPS) is 11.9. The summed E-state index contributed by atoms with van der Waals surface area (Å²) in [5, 5.41) is 0. The SMILES string of the molecule is COC(COc1ccc(C(C)(C)C)cc1)OC. The second-order valence-corrected chi connectivity index (χ2v) is 4.99. The van der Waals surface area contributed by atoms with Crippen molar-refractivity contribution in [3.63, 3.8) is 0 Å². The van der Waals surface area contributed by atoms with Gasteiger partial charge in [-0.2, -0.15) is 0 Å². The Hall–Kier alpha value is -1.06. The van der Waals surface area contributed by atoms with Crippen LogP contribution in [0.15, 0.2) is 24.3 Å². The van der Waals surface area contributed by atoms with Crippen LogP contribution in [0.25, 0.3) is 0 Å². The van der Waals surface area contributed by atoms with Gasteiger partial charge in [-0.25, -0.2) is 0 Å². The van der Waals surface area contributed by atoms with E-state index in [4.69, 9.17) is 14.2 Å². The Morgan fingerprint density at radius 1 is 1.00 bits per heavy atom. The molecule has 0 N–H and O–H groups in total. The van der Waals surface area contributed by atoms with E-state index < -0.39 is 0 Å². The van der Waals surface area contributed by atoms with Crippen molar-refractivity contribution in [2.75, 3.05) is 20.8 Å². The Morgan fingerprint density at radius 2 is 1.53 bits per heavy atom. The maximum absolute atomic E-state index is 5.57. The fourth-order valence-corrected chi connectivity index (χ4v) is 1.45. The molecule has 1 aromatic carbocycles. The summed E-state index contributed by atoms with van der Waals surface area (Å²) in [6.45, 7) is 6.96. The zero-order valence-corrected chi connectivity index (χ0v) is 11.3. The summed E-state index contributed by atoms with van der Waals surface area (Å²) in [7, 11) is 3.19. The number of hydrogen-bond donors (Lipinski definition) is 0. The van der Waals surface area contributed by atoms with Gasteiger partial charge in [0.2, 0.25) is 0 Å². The lowest BCUT2D eigenvalue weighted by Crippen LogP contribution is -2.22. The lowest BCUT2D eigenvalue weighted by Gasteiger charge is -2.19. The minimum Gasteiger partial charge on any atom is -0.488 e. The van der Waals surface area contributed by atoms with E-state index in [-0.39, 0.29) is 11.7 Å². The molecule has 0 amide bonds. The van der Waals surface area contributed by atoms with Crippen LogP contribution < -0.4 is 4.74 Å². The summed E-state index contributed by atoms with van der Waals surface area (Å²) in [6, 6.07) is 8.12. The summed E-state index contributed by atoms with van der Waals surface area (Å²) in [4.78, 5) is 0. The van der Waals surface area contributed by atoms with Crippen molar-refractivity contribution < 1.29 is 14.2 Å². The van der Waals surface area contributed by atoms with Gasteiger partial charge in [0.1, 0.15) is 12.4 Å². The van der Waals surface area contributed by atoms with Gasteiger partial charge in [0.05, 0.1) is 0 Å². The standard InChI is InChI=1S/C14H22O3/c1-14(2,3)11-6-8-12(9-7-11)17-10-13(15-4)16-5/h6-9,13H,10H2,1-5H3. The van der Waals surface area contributed by atoms with Gasteiger partial charge in [-0.05, 0) is 23.1 Å². The maximum atomic E-state index is 5.57. The first-order chi connectivity index (χ1) is 7.97. The fraction of sp³-hybridized carbons (Fsp3) is 0.571. The van der Waals surface area contributed by atoms with Crippen LogP contribution in [-0.2, 0) is 14.9 Å². The summed E-state index contributed by atoms with van der Waals surface area (Å²) in [6.07, 6.45) is -0.322. The van der Waals surface area contributed by atoms with Crippen LogP contribution >= 0.6 is 0 Å². The third-order valence-electron chi connectivity index (χ3n) is 2.63. The third kappa shape index (κ3) is 4.36. The van der Waals surface area contributed by atoms with Crippen LogP contribution in [-0.4, -0.2) is 27.1 Å². The molecule has 0 saturated carbocycles. The molecule has 96 valence electrons. The molecule has 1 aromatic rings. The van der Waals surface area contributed by atoms with Crippen molar-refractivity contribution in [2.45, 2.75) is 32.5 Å². The molecule has 0 fully saturated rings.